The van der Waals surface area contributed by atoms with Crippen molar-refractivity contribution in [3.8, 4) is 11.5 Å². The van der Waals surface area contributed by atoms with Crippen LogP contribution in [0.15, 0.2) is 92.9 Å². The van der Waals surface area contributed by atoms with Gasteiger partial charge in [-0.15, -0.1) is 0 Å². The van der Waals surface area contributed by atoms with Gasteiger partial charge in [0.2, 0.25) is 0 Å². The third kappa shape index (κ3) is 6.03. The molecule has 3 heterocycles. The van der Waals surface area contributed by atoms with Gasteiger partial charge in [0, 0.05) is 15.4 Å². The van der Waals surface area contributed by atoms with Crippen LogP contribution >= 0.6 is 55.0 Å². The van der Waals surface area contributed by atoms with E-state index in [4.69, 9.17) is 18.6 Å². The van der Waals surface area contributed by atoms with Crippen LogP contribution in [0, 0.1) is 0 Å². The molecule has 218 valence electrons. The highest BCUT2D eigenvalue weighted by molar-refractivity contribution is 9.10. The van der Waals surface area contributed by atoms with E-state index in [-0.39, 0.29) is 17.7 Å². The highest BCUT2D eigenvalue weighted by atomic mass is 79.9. The Kier molecular flexibility index (Phi) is 9.46. The average molecular weight is 734 g/mol. The maximum atomic E-state index is 14.0. The second kappa shape index (κ2) is 13.1. The molecule has 0 fully saturated rings. The zero-order valence-electron chi connectivity index (χ0n) is 23.1. The van der Waals surface area contributed by atoms with Gasteiger partial charge in [0.1, 0.15) is 5.76 Å². The predicted molar refractivity (Wildman–Crippen MR) is 169 cm³/mol. The Morgan fingerprint density at radius 1 is 1.12 bits per heavy atom. The van der Waals surface area contributed by atoms with Crippen LogP contribution < -0.4 is 24.4 Å². The first-order chi connectivity index (χ1) is 20.2. The number of aromatic nitrogens is 1. The molecule has 0 amide bonds. The lowest BCUT2D eigenvalue weighted by Gasteiger charge is -2.26. The van der Waals surface area contributed by atoms with E-state index in [0.29, 0.717) is 54.0 Å². The number of thiazole rings is 1. The Bertz CT molecular complexity index is 1860. The molecule has 0 aliphatic carbocycles. The van der Waals surface area contributed by atoms with E-state index in [1.807, 2.05) is 43.3 Å². The first-order valence-corrected chi connectivity index (χ1v) is 16.2. The van der Waals surface area contributed by atoms with Gasteiger partial charge in [-0.3, -0.25) is 9.36 Å². The van der Waals surface area contributed by atoms with Crippen LogP contribution in [0.2, 0.25) is 0 Å². The number of fused-ring (bicyclic) bond motifs is 1. The molecule has 4 aromatic rings. The van der Waals surface area contributed by atoms with Gasteiger partial charge < -0.3 is 18.6 Å². The fourth-order valence-corrected chi connectivity index (χ4v) is 7.43. The third-order valence-electron chi connectivity index (χ3n) is 6.30. The molecule has 0 saturated carbocycles. The first-order valence-electron chi connectivity index (χ1n) is 13.0. The number of hydrogen-bond acceptors (Lipinski definition) is 9. The maximum Gasteiger partial charge on any atom is 0.338 e. The minimum absolute atomic E-state index is 0.178. The second-order valence-corrected chi connectivity index (χ2v) is 12.7. The van der Waals surface area contributed by atoms with Crippen LogP contribution in [0.5, 0.6) is 11.5 Å². The van der Waals surface area contributed by atoms with Gasteiger partial charge in [0.05, 0.1) is 46.6 Å². The van der Waals surface area contributed by atoms with E-state index in [0.717, 1.165) is 9.37 Å². The Balaban J connectivity index is 1.66. The number of halogens is 2. The summed E-state index contributed by atoms with van der Waals surface area (Å²) in [5.74, 6) is 0.968. The summed E-state index contributed by atoms with van der Waals surface area (Å²) in [6.07, 6.45) is 1.69. The van der Waals surface area contributed by atoms with Gasteiger partial charge >= 0.3 is 5.97 Å². The van der Waals surface area contributed by atoms with Gasteiger partial charge in [-0.2, -0.15) is 0 Å². The lowest BCUT2D eigenvalue weighted by molar-refractivity contribution is -0.139. The number of carbonyl (C=O) groups is 1. The smallest absolute Gasteiger partial charge is 0.338 e. The predicted octanol–water partition coefficient (Wildman–Crippen LogP) is 6.47. The summed E-state index contributed by atoms with van der Waals surface area (Å²) in [6, 6.07) is 14.4. The standard InChI is InChI=1S/C30H26Br2N2O6S2/c1-5-38-23-15-20(31)19(14-22(23)37-4)26-25(28(36)39-6-2)16(3)33-30-34(26)27(35)24(42-30)13-17-12-21(32)29(40-17)41-18-10-8-7-9-11-18/h7-15,26H,5-6H2,1-4H3/b24-13+/t26-/m0/s1. The molecule has 42 heavy (non-hydrogen) atoms. The van der Waals surface area contributed by atoms with Crippen LogP contribution in [0.4, 0.5) is 0 Å². The highest BCUT2D eigenvalue weighted by Crippen LogP contribution is 2.41. The molecule has 0 saturated heterocycles. The van der Waals surface area contributed by atoms with Gasteiger partial charge in [-0.05, 0) is 72.6 Å². The summed E-state index contributed by atoms with van der Waals surface area (Å²) in [4.78, 5) is 33.4. The molecular weight excluding hydrogens is 708 g/mol. The van der Waals surface area contributed by atoms with Crippen LogP contribution in [0.3, 0.4) is 0 Å². The van der Waals surface area contributed by atoms with E-state index in [2.05, 4.69) is 36.9 Å². The maximum absolute atomic E-state index is 14.0. The number of ether oxygens (including phenoxy) is 3. The number of methoxy groups -OCH3 is 1. The zero-order valence-corrected chi connectivity index (χ0v) is 27.9. The van der Waals surface area contributed by atoms with Gasteiger partial charge in [0.25, 0.3) is 5.56 Å². The Labute approximate surface area is 267 Å². The summed E-state index contributed by atoms with van der Waals surface area (Å²) in [5.41, 5.74) is 1.04. The van der Waals surface area contributed by atoms with Crippen molar-refractivity contribution < 1.29 is 23.4 Å². The summed E-state index contributed by atoms with van der Waals surface area (Å²) >= 11 is 9.91. The number of hydrogen-bond donors (Lipinski definition) is 0. The number of carbonyl (C=O) groups excluding carboxylic acids is 1. The molecule has 12 heteroatoms. The third-order valence-corrected chi connectivity index (χ3v) is 9.81. The number of benzene rings is 2. The minimum Gasteiger partial charge on any atom is -0.493 e. The molecule has 0 spiro atoms. The van der Waals surface area contributed by atoms with Crippen molar-refractivity contribution >= 4 is 67.0 Å². The van der Waals surface area contributed by atoms with E-state index >= 15 is 0 Å². The molecule has 0 radical (unpaired) electrons. The summed E-state index contributed by atoms with van der Waals surface area (Å²) in [7, 11) is 1.54. The average Bonchev–Trinajstić information content (AvgIpc) is 3.46. The lowest BCUT2D eigenvalue weighted by atomic mass is 9.95. The molecule has 1 aliphatic rings. The summed E-state index contributed by atoms with van der Waals surface area (Å²) < 4.78 is 26.2. The van der Waals surface area contributed by atoms with Crippen molar-refractivity contribution in [1.29, 1.82) is 0 Å². The molecule has 2 aromatic carbocycles. The number of allylic oxidation sites excluding steroid dienone is 1. The molecule has 0 unspecified atom stereocenters. The van der Waals surface area contributed by atoms with Crippen LogP contribution in [-0.4, -0.2) is 30.9 Å². The van der Waals surface area contributed by atoms with Crippen molar-refractivity contribution in [2.45, 2.75) is 36.8 Å². The molecular formula is C30H26Br2N2O6S2. The SMILES string of the molecule is CCOC(=O)C1=C(C)N=c2s/c(=C/c3cc(Br)c(Sc4ccccc4)o3)c(=O)n2[C@H]1c1cc(OC)c(OCC)cc1Br. The number of nitrogens with zero attached hydrogens (tertiary/aromatic N) is 2. The number of rotatable bonds is 9. The molecule has 1 atom stereocenters. The van der Waals surface area contributed by atoms with Gasteiger partial charge in [-0.25, -0.2) is 9.79 Å². The van der Waals surface area contributed by atoms with Crippen LogP contribution in [0.1, 0.15) is 38.1 Å². The van der Waals surface area contributed by atoms with Crippen LogP contribution in [-0.2, 0) is 9.53 Å². The van der Waals surface area contributed by atoms with Crippen LogP contribution in [0.25, 0.3) is 6.08 Å². The largest absolute Gasteiger partial charge is 0.493 e. The van der Waals surface area contributed by atoms with Crippen molar-refractivity contribution in [3.05, 3.63) is 99.8 Å². The minimum atomic E-state index is -0.825. The fraction of sp³-hybridized carbons (Fsp3) is 0.233. The Hall–Kier alpha value is -3.06. The van der Waals surface area contributed by atoms with Gasteiger partial charge in [-0.1, -0.05) is 57.2 Å². The molecule has 0 bridgehead atoms. The zero-order chi connectivity index (χ0) is 30.0. The van der Waals surface area contributed by atoms with Crippen molar-refractivity contribution in [2.24, 2.45) is 4.99 Å². The van der Waals surface area contributed by atoms with E-state index < -0.39 is 12.0 Å². The van der Waals surface area contributed by atoms with Crippen molar-refractivity contribution in [1.82, 2.24) is 4.57 Å². The quantitative estimate of drug-likeness (QED) is 0.182. The second-order valence-electron chi connectivity index (χ2n) is 8.96. The fourth-order valence-electron chi connectivity index (χ4n) is 4.51. The molecule has 8 nitrogen and oxygen atoms in total. The van der Waals surface area contributed by atoms with E-state index in [1.165, 1.54) is 27.7 Å². The van der Waals surface area contributed by atoms with E-state index in [9.17, 15) is 9.59 Å². The molecule has 0 N–H and O–H groups in total. The monoisotopic (exact) mass is 732 g/mol. The molecule has 2 aromatic heterocycles. The Morgan fingerprint density at radius 2 is 1.88 bits per heavy atom. The first kappa shape index (κ1) is 30.4. The van der Waals surface area contributed by atoms with Gasteiger partial charge in [0.15, 0.2) is 21.4 Å². The highest BCUT2D eigenvalue weighted by Gasteiger charge is 2.35. The lowest BCUT2D eigenvalue weighted by Crippen LogP contribution is -2.40. The molecule has 5 rings (SSSR count). The van der Waals surface area contributed by atoms with Crippen molar-refractivity contribution in [2.75, 3.05) is 20.3 Å². The number of furan rings is 1. The molecule has 1 aliphatic heterocycles. The van der Waals surface area contributed by atoms with E-state index in [1.54, 1.807) is 39.2 Å². The normalized spacial score (nSPS) is 14.9. The topological polar surface area (TPSA) is 92.3 Å². The summed E-state index contributed by atoms with van der Waals surface area (Å²) in [5, 5.41) is 0.670. The summed E-state index contributed by atoms with van der Waals surface area (Å²) in [6.45, 7) is 5.98. The Morgan fingerprint density at radius 3 is 2.57 bits per heavy atom. The number of esters is 1. The van der Waals surface area contributed by atoms with Crippen molar-refractivity contribution in [3.63, 3.8) is 0 Å².